The molecule has 1 nitrogen and oxygen atoms in total. The molecule has 1 aromatic rings. The Morgan fingerprint density at radius 3 is 3.08 bits per heavy atom. The highest BCUT2D eigenvalue weighted by molar-refractivity contribution is 14.1. The Kier molecular flexibility index (Phi) is 2.41. The standard InChI is InChI=1S/C9H7IOS/c10-6-1-2-9-7(5-6)8(11)3-4-12-9/h1-2,5H,3-4H2. The van der Waals surface area contributed by atoms with Gasteiger partial charge in [0.1, 0.15) is 0 Å². The Morgan fingerprint density at radius 2 is 2.25 bits per heavy atom. The molecule has 0 fully saturated rings. The summed E-state index contributed by atoms with van der Waals surface area (Å²) in [4.78, 5) is 12.6. The third kappa shape index (κ3) is 1.52. The first-order chi connectivity index (χ1) is 5.77. The molecule has 0 saturated heterocycles. The molecule has 0 aliphatic carbocycles. The summed E-state index contributed by atoms with van der Waals surface area (Å²) in [5.41, 5.74) is 0.915. The number of ketones is 1. The average Bonchev–Trinajstić information content (AvgIpc) is 2.07. The van der Waals surface area contributed by atoms with E-state index in [1.54, 1.807) is 11.8 Å². The van der Waals surface area contributed by atoms with Crippen molar-refractivity contribution >= 4 is 40.1 Å². The zero-order valence-corrected chi connectivity index (χ0v) is 9.31. The number of halogens is 1. The van der Waals surface area contributed by atoms with Crippen molar-refractivity contribution in [2.75, 3.05) is 5.75 Å². The number of rotatable bonds is 0. The first-order valence-electron chi connectivity index (χ1n) is 3.73. The largest absolute Gasteiger partial charge is 0.294 e. The van der Waals surface area contributed by atoms with Crippen molar-refractivity contribution in [3.8, 4) is 0 Å². The Bertz CT molecular complexity index is 335. The molecule has 1 aliphatic heterocycles. The minimum absolute atomic E-state index is 0.294. The average molecular weight is 290 g/mol. The van der Waals surface area contributed by atoms with Gasteiger partial charge in [-0.3, -0.25) is 4.79 Å². The maximum Gasteiger partial charge on any atom is 0.164 e. The number of thioether (sulfide) groups is 1. The summed E-state index contributed by atoms with van der Waals surface area (Å²) in [5, 5.41) is 0. The maximum absolute atomic E-state index is 11.4. The molecule has 0 spiro atoms. The second kappa shape index (κ2) is 3.38. The third-order valence-electron chi connectivity index (χ3n) is 1.83. The number of hydrogen-bond donors (Lipinski definition) is 0. The van der Waals surface area contributed by atoms with Crippen LogP contribution >= 0.6 is 34.4 Å². The van der Waals surface area contributed by atoms with Crippen LogP contribution in [0.4, 0.5) is 0 Å². The fraction of sp³-hybridized carbons (Fsp3) is 0.222. The van der Waals surface area contributed by atoms with Crippen LogP contribution in [-0.4, -0.2) is 11.5 Å². The molecule has 0 saturated carbocycles. The number of benzene rings is 1. The molecular formula is C9H7IOS. The van der Waals surface area contributed by atoms with Gasteiger partial charge in [0.05, 0.1) is 0 Å². The summed E-state index contributed by atoms with van der Waals surface area (Å²) >= 11 is 4.01. The number of fused-ring (bicyclic) bond motifs is 1. The second-order valence-electron chi connectivity index (χ2n) is 2.66. The van der Waals surface area contributed by atoms with Crippen molar-refractivity contribution in [3.05, 3.63) is 27.3 Å². The molecule has 0 amide bonds. The Hall–Kier alpha value is -0.0300. The second-order valence-corrected chi connectivity index (χ2v) is 5.04. The van der Waals surface area contributed by atoms with Crippen molar-refractivity contribution in [1.82, 2.24) is 0 Å². The summed E-state index contributed by atoms with van der Waals surface area (Å²) in [7, 11) is 0. The van der Waals surface area contributed by atoms with Crippen LogP contribution < -0.4 is 0 Å². The fourth-order valence-corrected chi connectivity index (χ4v) is 2.73. The van der Waals surface area contributed by atoms with Crippen LogP contribution in [-0.2, 0) is 0 Å². The van der Waals surface area contributed by atoms with Crippen molar-refractivity contribution in [2.45, 2.75) is 11.3 Å². The molecule has 0 unspecified atom stereocenters. The van der Waals surface area contributed by atoms with Gasteiger partial charge in [0.15, 0.2) is 5.78 Å². The number of Topliss-reactive ketones (excluding diaryl/α,β-unsaturated/α-hetero) is 1. The molecule has 1 aromatic carbocycles. The van der Waals surface area contributed by atoms with E-state index in [4.69, 9.17) is 0 Å². The van der Waals surface area contributed by atoms with E-state index in [0.29, 0.717) is 12.2 Å². The third-order valence-corrected chi connectivity index (χ3v) is 3.57. The molecular weight excluding hydrogens is 283 g/mol. The van der Waals surface area contributed by atoms with Crippen LogP contribution in [0.25, 0.3) is 0 Å². The molecule has 0 radical (unpaired) electrons. The van der Waals surface area contributed by atoms with E-state index < -0.39 is 0 Å². The number of hydrogen-bond acceptors (Lipinski definition) is 2. The van der Waals surface area contributed by atoms with E-state index in [2.05, 4.69) is 22.6 Å². The smallest absolute Gasteiger partial charge is 0.164 e. The quantitative estimate of drug-likeness (QED) is 0.683. The van der Waals surface area contributed by atoms with Crippen LogP contribution in [0.3, 0.4) is 0 Å². The van der Waals surface area contributed by atoms with E-state index in [0.717, 1.165) is 19.8 Å². The van der Waals surface area contributed by atoms with Crippen LogP contribution in [0.1, 0.15) is 16.8 Å². The highest BCUT2D eigenvalue weighted by Gasteiger charge is 2.16. The summed E-state index contributed by atoms with van der Waals surface area (Å²) < 4.78 is 1.14. The van der Waals surface area contributed by atoms with Gasteiger partial charge in [0, 0.05) is 26.2 Å². The summed E-state index contributed by atoms with van der Waals surface area (Å²) in [6, 6.07) is 6.06. The van der Waals surface area contributed by atoms with E-state index in [1.807, 2.05) is 18.2 Å². The van der Waals surface area contributed by atoms with Crippen molar-refractivity contribution < 1.29 is 4.79 Å². The lowest BCUT2D eigenvalue weighted by Crippen LogP contribution is -2.07. The Labute approximate surface area is 89.1 Å². The lowest BCUT2D eigenvalue weighted by molar-refractivity contribution is 0.0984. The molecule has 0 aromatic heterocycles. The molecule has 3 heteroatoms. The minimum Gasteiger partial charge on any atom is -0.294 e. The van der Waals surface area contributed by atoms with Crippen molar-refractivity contribution in [2.24, 2.45) is 0 Å². The zero-order valence-electron chi connectivity index (χ0n) is 6.34. The van der Waals surface area contributed by atoms with E-state index >= 15 is 0 Å². The van der Waals surface area contributed by atoms with E-state index in [1.165, 1.54) is 0 Å². The summed E-state index contributed by atoms with van der Waals surface area (Å²) in [6.07, 6.45) is 0.692. The fourth-order valence-electron chi connectivity index (χ4n) is 1.23. The number of carbonyl (C=O) groups is 1. The molecule has 12 heavy (non-hydrogen) atoms. The Balaban J connectivity index is 2.54. The van der Waals surface area contributed by atoms with Crippen LogP contribution in [0.5, 0.6) is 0 Å². The highest BCUT2D eigenvalue weighted by atomic mass is 127. The van der Waals surface area contributed by atoms with Gasteiger partial charge in [-0.15, -0.1) is 11.8 Å². The first-order valence-corrected chi connectivity index (χ1v) is 5.79. The zero-order chi connectivity index (χ0) is 8.55. The van der Waals surface area contributed by atoms with E-state index in [-0.39, 0.29) is 0 Å². The lowest BCUT2D eigenvalue weighted by atomic mass is 10.1. The maximum atomic E-state index is 11.4. The SMILES string of the molecule is O=C1CCSc2ccc(I)cc21. The monoisotopic (exact) mass is 290 g/mol. The van der Waals surface area contributed by atoms with Crippen LogP contribution in [0.2, 0.25) is 0 Å². The van der Waals surface area contributed by atoms with Gasteiger partial charge < -0.3 is 0 Å². The van der Waals surface area contributed by atoms with Crippen LogP contribution in [0, 0.1) is 3.57 Å². The van der Waals surface area contributed by atoms with Crippen LogP contribution in [0.15, 0.2) is 23.1 Å². The molecule has 0 bridgehead atoms. The van der Waals surface area contributed by atoms with Crippen molar-refractivity contribution in [1.29, 1.82) is 0 Å². The molecule has 2 rings (SSSR count). The summed E-state index contributed by atoms with van der Waals surface area (Å²) in [5.74, 6) is 1.23. The molecule has 0 atom stereocenters. The molecule has 1 aliphatic rings. The van der Waals surface area contributed by atoms with Gasteiger partial charge in [-0.2, -0.15) is 0 Å². The van der Waals surface area contributed by atoms with Gasteiger partial charge in [-0.1, -0.05) is 0 Å². The van der Waals surface area contributed by atoms with E-state index in [9.17, 15) is 4.79 Å². The lowest BCUT2D eigenvalue weighted by Gasteiger charge is -2.13. The van der Waals surface area contributed by atoms with Gasteiger partial charge in [-0.25, -0.2) is 0 Å². The number of carbonyl (C=O) groups excluding carboxylic acids is 1. The molecule has 1 heterocycles. The van der Waals surface area contributed by atoms with Gasteiger partial charge in [-0.05, 0) is 40.8 Å². The topological polar surface area (TPSA) is 17.1 Å². The first kappa shape index (κ1) is 8.56. The predicted octanol–water partition coefficient (Wildman–Crippen LogP) is 2.97. The minimum atomic E-state index is 0.294. The predicted molar refractivity (Wildman–Crippen MR) is 58.8 cm³/mol. The Morgan fingerprint density at radius 1 is 1.42 bits per heavy atom. The normalized spacial score (nSPS) is 15.9. The van der Waals surface area contributed by atoms with Gasteiger partial charge in [0.2, 0.25) is 0 Å². The summed E-state index contributed by atoms with van der Waals surface area (Å²) in [6.45, 7) is 0. The van der Waals surface area contributed by atoms with Gasteiger partial charge >= 0.3 is 0 Å². The van der Waals surface area contributed by atoms with Gasteiger partial charge in [0.25, 0.3) is 0 Å². The molecule has 62 valence electrons. The highest BCUT2D eigenvalue weighted by Crippen LogP contribution is 2.30. The molecule has 0 N–H and O–H groups in total. The van der Waals surface area contributed by atoms with Crippen molar-refractivity contribution in [3.63, 3.8) is 0 Å².